The molecule has 1 aromatic heterocycles. The van der Waals surface area contributed by atoms with E-state index in [0.717, 1.165) is 23.8 Å². The Balaban J connectivity index is 1.95. The number of hydrogen-bond acceptors (Lipinski definition) is 3. The van der Waals surface area contributed by atoms with Crippen LogP contribution in [0.25, 0.3) is 0 Å². The van der Waals surface area contributed by atoms with Gasteiger partial charge in [-0.25, -0.2) is 13.6 Å². The lowest BCUT2D eigenvalue weighted by Crippen LogP contribution is -2.36. The highest BCUT2D eigenvalue weighted by Gasteiger charge is 2.16. The van der Waals surface area contributed by atoms with Crippen molar-refractivity contribution in [2.24, 2.45) is 0 Å². The van der Waals surface area contributed by atoms with Crippen LogP contribution in [0.1, 0.15) is 11.6 Å². The highest BCUT2D eigenvalue weighted by atomic mass is 32.1. The Morgan fingerprint density at radius 3 is 2.73 bits per heavy atom. The van der Waals surface area contributed by atoms with Gasteiger partial charge in [0.15, 0.2) is 0 Å². The number of hydrogen-bond donors (Lipinski definition) is 2. The summed E-state index contributed by atoms with van der Waals surface area (Å²) in [4.78, 5) is 13.8. The Hall–Kier alpha value is -1.99. The molecule has 2 aromatic rings. The van der Waals surface area contributed by atoms with Crippen molar-refractivity contribution in [2.75, 3.05) is 26.0 Å². The number of amides is 2. The minimum Gasteiger partial charge on any atom is -0.336 e. The molecule has 0 unspecified atom stereocenters. The minimum absolute atomic E-state index is 0.00866. The fourth-order valence-electron chi connectivity index (χ4n) is 2.01. The van der Waals surface area contributed by atoms with E-state index >= 15 is 0 Å². The molecule has 0 aliphatic heterocycles. The quantitative estimate of drug-likeness (QED) is 0.884. The molecule has 0 saturated heterocycles. The van der Waals surface area contributed by atoms with Crippen LogP contribution in [0.5, 0.6) is 0 Å². The van der Waals surface area contributed by atoms with Gasteiger partial charge in [-0.05, 0) is 48.6 Å². The maximum absolute atomic E-state index is 13.5. The van der Waals surface area contributed by atoms with Crippen LogP contribution in [0.15, 0.2) is 35.0 Å². The van der Waals surface area contributed by atoms with Crippen molar-refractivity contribution >= 4 is 23.1 Å². The third kappa shape index (κ3) is 4.25. The average Bonchev–Trinajstić information content (AvgIpc) is 2.96. The van der Waals surface area contributed by atoms with E-state index < -0.39 is 17.7 Å². The minimum atomic E-state index is -0.682. The number of anilines is 1. The predicted octanol–water partition coefficient (Wildman–Crippen LogP) is 3.45. The SMILES string of the molecule is CN(C)[C@H](CNC(=O)Nc1cc(F)ccc1F)c1ccsc1. The summed E-state index contributed by atoms with van der Waals surface area (Å²) in [5.74, 6) is -1.29. The summed E-state index contributed by atoms with van der Waals surface area (Å²) in [6.45, 7) is 0.354. The maximum atomic E-state index is 13.5. The maximum Gasteiger partial charge on any atom is 0.319 e. The molecule has 1 atom stereocenters. The average molecular weight is 325 g/mol. The van der Waals surface area contributed by atoms with Gasteiger partial charge in [0.05, 0.1) is 11.7 Å². The molecule has 7 heteroatoms. The molecule has 0 saturated carbocycles. The number of rotatable bonds is 5. The molecule has 2 N–H and O–H groups in total. The summed E-state index contributed by atoms with van der Waals surface area (Å²) in [5, 5.41) is 8.96. The number of urea groups is 1. The second-order valence-electron chi connectivity index (χ2n) is 5.00. The largest absolute Gasteiger partial charge is 0.336 e. The standard InChI is InChI=1S/C15H17F2N3OS/c1-20(2)14(10-5-6-22-9-10)8-18-15(21)19-13-7-11(16)3-4-12(13)17/h3-7,9,14H,8H2,1-2H3,(H2,18,19,21)/t14-/m1/s1. The molecule has 0 aliphatic rings. The summed E-state index contributed by atoms with van der Waals surface area (Å²) in [5.41, 5.74) is 0.904. The van der Waals surface area contributed by atoms with Crippen LogP contribution in [-0.4, -0.2) is 31.6 Å². The molecule has 4 nitrogen and oxygen atoms in total. The molecular weight excluding hydrogens is 308 g/mol. The monoisotopic (exact) mass is 325 g/mol. The molecule has 0 aliphatic carbocycles. The Morgan fingerprint density at radius 2 is 2.09 bits per heavy atom. The lowest BCUT2D eigenvalue weighted by Gasteiger charge is -2.24. The first-order chi connectivity index (χ1) is 10.5. The number of benzene rings is 1. The number of nitrogens with one attached hydrogen (secondary N) is 2. The lowest BCUT2D eigenvalue weighted by atomic mass is 10.1. The lowest BCUT2D eigenvalue weighted by molar-refractivity contribution is 0.243. The van der Waals surface area contributed by atoms with Gasteiger partial charge in [0, 0.05) is 12.6 Å². The van der Waals surface area contributed by atoms with Crippen molar-refractivity contribution in [3.63, 3.8) is 0 Å². The van der Waals surface area contributed by atoms with E-state index in [1.165, 1.54) is 0 Å². The second kappa shape index (κ2) is 7.33. The summed E-state index contributed by atoms with van der Waals surface area (Å²) in [6, 6.07) is 4.33. The summed E-state index contributed by atoms with van der Waals surface area (Å²) >= 11 is 1.58. The van der Waals surface area contributed by atoms with Crippen LogP contribution in [0.2, 0.25) is 0 Å². The number of nitrogens with zero attached hydrogens (tertiary/aromatic N) is 1. The van der Waals surface area contributed by atoms with Crippen molar-refractivity contribution in [1.82, 2.24) is 10.2 Å². The van der Waals surface area contributed by atoms with E-state index in [0.29, 0.717) is 6.54 Å². The first-order valence-corrected chi connectivity index (χ1v) is 7.60. The van der Waals surface area contributed by atoms with E-state index in [-0.39, 0.29) is 11.7 Å². The van der Waals surface area contributed by atoms with Crippen molar-refractivity contribution < 1.29 is 13.6 Å². The highest BCUT2D eigenvalue weighted by Crippen LogP contribution is 2.20. The van der Waals surface area contributed by atoms with Gasteiger partial charge in [0.1, 0.15) is 11.6 Å². The molecule has 1 aromatic carbocycles. The fourth-order valence-corrected chi connectivity index (χ4v) is 2.72. The Kier molecular flexibility index (Phi) is 5.46. The van der Waals surface area contributed by atoms with E-state index in [1.807, 2.05) is 35.8 Å². The fraction of sp³-hybridized carbons (Fsp3) is 0.267. The number of thiophene rings is 1. The third-order valence-corrected chi connectivity index (χ3v) is 3.89. The van der Waals surface area contributed by atoms with Gasteiger partial charge < -0.3 is 15.5 Å². The Bertz CT molecular complexity index is 632. The molecule has 2 rings (SSSR count). The second-order valence-corrected chi connectivity index (χ2v) is 5.78. The van der Waals surface area contributed by atoms with Gasteiger partial charge in [0.2, 0.25) is 0 Å². The zero-order valence-electron chi connectivity index (χ0n) is 12.3. The Labute approximate surface area is 131 Å². The van der Waals surface area contributed by atoms with Crippen LogP contribution < -0.4 is 10.6 Å². The summed E-state index contributed by atoms with van der Waals surface area (Å²) < 4.78 is 26.5. The highest BCUT2D eigenvalue weighted by molar-refractivity contribution is 7.07. The number of likely N-dealkylation sites (N-methyl/N-ethyl adjacent to an activating group) is 1. The van der Waals surface area contributed by atoms with Crippen molar-refractivity contribution in [1.29, 1.82) is 0 Å². The van der Waals surface area contributed by atoms with Crippen molar-refractivity contribution in [3.8, 4) is 0 Å². The van der Waals surface area contributed by atoms with Crippen LogP contribution in [0, 0.1) is 11.6 Å². The van der Waals surface area contributed by atoms with Gasteiger partial charge in [0.25, 0.3) is 0 Å². The van der Waals surface area contributed by atoms with Gasteiger partial charge >= 0.3 is 6.03 Å². The molecule has 22 heavy (non-hydrogen) atoms. The van der Waals surface area contributed by atoms with Crippen LogP contribution in [-0.2, 0) is 0 Å². The van der Waals surface area contributed by atoms with Crippen LogP contribution >= 0.6 is 11.3 Å². The van der Waals surface area contributed by atoms with E-state index in [9.17, 15) is 13.6 Å². The first-order valence-electron chi connectivity index (χ1n) is 6.66. The molecule has 0 spiro atoms. The Morgan fingerprint density at radius 1 is 1.32 bits per heavy atom. The van der Waals surface area contributed by atoms with Gasteiger partial charge in [-0.3, -0.25) is 0 Å². The number of carbonyl (C=O) groups excluding carboxylic acids is 1. The third-order valence-electron chi connectivity index (χ3n) is 3.18. The van der Waals surface area contributed by atoms with E-state index in [4.69, 9.17) is 0 Å². The van der Waals surface area contributed by atoms with E-state index in [1.54, 1.807) is 11.3 Å². The molecule has 0 radical (unpaired) electrons. The predicted molar refractivity (Wildman–Crippen MR) is 84.1 cm³/mol. The normalized spacial score (nSPS) is 12.2. The number of carbonyl (C=O) groups is 1. The zero-order chi connectivity index (χ0) is 16.1. The first kappa shape index (κ1) is 16.4. The topological polar surface area (TPSA) is 44.4 Å². The molecule has 0 bridgehead atoms. The molecule has 2 amide bonds. The summed E-state index contributed by atoms with van der Waals surface area (Å²) in [6.07, 6.45) is 0. The molecule has 1 heterocycles. The van der Waals surface area contributed by atoms with Crippen LogP contribution in [0.3, 0.4) is 0 Å². The van der Waals surface area contributed by atoms with E-state index in [2.05, 4.69) is 10.6 Å². The smallest absolute Gasteiger partial charge is 0.319 e. The van der Waals surface area contributed by atoms with Gasteiger partial charge in [-0.1, -0.05) is 0 Å². The van der Waals surface area contributed by atoms with Gasteiger partial charge in [-0.15, -0.1) is 0 Å². The van der Waals surface area contributed by atoms with Crippen molar-refractivity contribution in [3.05, 3.63) is 52.2 Å². The number of halogens is 2. The van der Waals surface area contributed by atoms with Crippen molar-refractivity contribution in [2.45, 2.75) is 6.04 Å². The van der Waals surface area contributed by atoms with Crippen LogP contribution in [0.4, 0.5) is 19.3 Å². The molecular formula is C15H17F2N3OS. The molecule has 118 valence electrons. The molecule has 0 fully saturated rings. The van der Waals surface area contributed by atoms with Gasteiger partial charge in [-0.2, -0.15) is 11.3 Å². The summed E-state index contributed by atoms with van der Waals surface area (Å²) in [7, 11) is 3.82. The zero-order valence-corrected chi connectivity index (χ0v) is 13.1.